The van der Waals surface area contributed by atoms with Gasteiger partial charge in [0.15, 0.2) is 0 Å². The highest BCUT2D eigenvalue weighted by atomic mass is 35.5. The van der Waals surface area contributed by atoms with Crippen LogP contribution in [0.15, 0.2) is 114 Å². The van der Waals surface area contributed by atoms with E-state index in [1.165, 1.54) is 0 Å². The number of nitrogens with zero attached hydrogens (tertiary/aromatic N) is 1. The lowest BCUT2D eigenvalue weighted by molar-refractivity contribution is -0.141. The second-order valence-electron chi connectivity index (χ2n) is 10.2. The van der Waals surface area contributed by atoms with Crippen LogP contribution in [0.1, 0.15) is 35.6 Å². The van der Waals surface area contributed by atoms with Gasteiger partial charge in [0.1, 0.15) is 6.04 Å². The first-order valence-corrected chi connectivity index (χ1v) is 16.1. The molecule has 0 saturated carbocycles. The van der Waals surface area contributed by atoms with Crippen LogP contribution in [-0.2, 0) is 45.5 Å². The zero-order chi connectivity index (χ0) is 30.7. The van der Waals surface area contributed by atoms with E-state index in [0.29, 0.717) is 31.0 Å². The molecule has 7 nitrogen and oxygen atoms in total. The van der Waals surface area contributed by atoms with E-state index in [0.717, 1.165) is 22.3 Å². The number of carbonyl (C=O) groups excluding carboxylic acids is 2. The summed E-state index contributed by atoms with van der Waals surface area (Å²) >= 11 is 6.12. The molecule has 0 saturated heterocycles. The Morgan fingerprint density at radius 3 is 1.95 bits per heavy atom. The number of benzene rings is 4. The highest BCUT2D eigenvalue weighted by Crippen LogP contribution is 2.19. The van der Waals surface area contributed by atoms with E-state index in [2.05, 4.69) is 10.0 Å². The van der Waals surface area contributed by atoms with E-state index in [9.17, 15) is 18.0 Å². The van der Waals surface area contributed by atoms with Crippen LogP contribution in [-0.4, -0.2) is 37.7 Å². The van der Waals surface area contributed by atoms with Gasteiger partial charge in [0.25, 0.3) is 0 Å². The summed E-state index contributed by atoms with van der Waals surface area (Å²) < 4.78 is 27.1. The summed E-state index contributed by atoms with van der Waals surface area (Å²) in [6.07, 6.45) is 0.878. The third kappa shape index (κ3) is 9.51. The van der Waals surface area contributed by atoms with Crippen LogP contribution in [0.3, 0.4) is 0 Å². The molecule has 9 heteroatoms. The summed E-state index contributed by atoms with van der Waals surface area (Å²) in [5.41, 5.74) is 3.58. The molecule has 0 spiro atoms. The van der Waals surface area contributed by atoms with Crippen molar-refractivity contribution in [1.82, 2.24) is 14.9 Å². The largest absolute Gasteiger partial charge is 0.350 e. The predicted molar refractivity (Wildman–Crippen MR) is 170 cm³/mol. The van der Waals surface area contributed by atoms with Gasteiger partial charge in [-0.1, -0.05) is 103 Å². The molecule has 4 aromatic carbocycles. The summed E-state index contributed by atoms with van der Waals surface area (Å²) in [7, 11) is -3.56. The normalized spacial score (nSPS) is 12.0. The van der Waals surface area contributed by atoms with Crippen molar-refractivity contribution in [3.8, 4) is 0 Å². The van der Waals surface area contributed by atoms with E-state index >= 15 is 0 Å². The molecule has 0 aliphatic heterocycles. The number of halogens is 1. The molecule has 0 aliphatic rings. The Balaban J connectivity index is 1.58. The highest BCUT2D eigenvalue weighted by Gasteiger charge is 2.30. The van der Waals surface area contributed by atoms with Crippen molar-refractivity contribution >= 4 is 33.4 Å². The predicted octanol–water partition coefficient (Wildman–Crippen LogP) is 5.53. The fraction of sp³-hybridized carbons (Fsp3) is 0.235. The van der Waals surface area contributed by atoms with Crippen molar-refractivity contribution in [2.24, 2.45) is 0 Å². The van der Waals surface area contributed by atoms with Gasteiger partial charge in [-0.2, -0.15) is 0 Å². The summed E-state index contributed by atoms with van der Waals surface area (Å²) in [5.74, 6) is -0.428. The molecule has 4 aromatic rings. The third-order valence-electron chi connectivity index (χ3n) is 7.04. The number of amides is 2. The fourth-order valence-corrected chi connectivity index (χ4v) is 5.91. The lowest BCUT2D eigenvalue weighted by Crippen LogP contribution is -2.50. The van der Waals surface area contributed by atoms with E-state index < -0.39 is 16.1 Å². The summed E-state index contributed by atoms with van der Waals surface area (Å²) in [6, 6.07) is 32.3. The van der Waals surface area contributed by atoms with Crippen LogP contribution >= 0.6 is 11.6 Å². The minimum absolute atomic E-state index is 0.143. The minimum Gasteiger partial charge on any atom is -0.350 e. The van der Waals surface area contributed by atoms with Crippen molar-refractivity contribution < 1.29 is 18.0 Å². The number of carbonyl (C=O) groups is 2. The SMILES string of the molecule is CCNS(=O)(=O)c1ccc(CCC(=O)N(Cc2ccc(Cl)cc2)C(Cc2ccccc2)C(=O)NCc2ccccc2)cc1. The molecule has 43 heavy (non-hydrogen) atoms. The van der Waals surface area contributed by atoms with Gasteiger partial charge in [0.2, 0.25) is 21.8 Å². The molecular formula is C34H36ClN3O4S. The van der Waals surface area contributed by atoms with Crippen molar-refractivity contribution in [1.29, 1.82) is 0 Å². The van der Waals surface area contributed by atoms with Gasteiger partial charge in [-0.05, 0) is 52.9 Å². The maximum Gasteiger partial charge on any atom is 0.243 e. The maximum atomic E-state index is 13.9. The summed E-state index contributed by atoms with van der Waals surface area (Å²) in [6.45, 7) is 2.59. The smallest absolute Gasteiger partial charge is 0.243 e. The van der Waals surface area contributed by atoms with Crippen LogP contribution < -0.4 is 10.0 Å². The maximum absolute atomic E-state index is 13.9. The lowest BCUT2D eigenvalue weighted by atomic mass is 10.0. The number of rotatable bonds is 14. The fourth-order valence-electron chi connectivity index (χ4n) is 4.75. The zero-order valence-corrected chi connectivity index (χ0v) is 25.7. The Hall–Kier alpha value is -3.98. The molecule has 4 rings (SSSR count). The molecule has 224 valence electrons. The van der Waals surface area contributed by atoms with Crippen LogP contribution in [0, 0.1) is 0 Å². The Morgan fingerprint density at radius 1 is 0.767 bits per heavy atom. The molecule has 0 aromatic heterocycles. The van der Waals surface area contributed by atoms with E-state index in [1.54, 1.807) is 48.2 Å². The first-order chi connectivity index (χ1) is 20.7. The number of hydrogen-bond acceptors (Lipinski definition) is 4. The molecule has 0 aliphatic carbocycles. The lowest BCUT2D eigenvalue weighted by Gasteiger charge is -2.32. The van der Waals surface area contributed by atoms with Gasteiger partial charge in [0.05, 0.1) is 4.90 Å². The van der Waals surface area contributed by atoms with Crippen molar-refractivity contribution in [3.05, 3.63) is 136 Å². The minimum atomic E-state index is -3.56. The molecule has 0 heterocycles. The quantitative estimate of drug-likeness (QED) is 0.195. The van der Waals surface area contributed by atoms with E-state index in [-0.39, 0.29) is 29.7 Å². The standard InChI is InChI=1S/C34H36ClN3O4S/c1-2-37-43(41,42)31-20-15-26(16-21-31)17-22-33(39)38(25-29-13-18-30(35)19-14-29)32(23-27-9-5-3-6-10-27)34(40)36-24-28-11-7-4-8-12-28/h3-16,18-21,32,37H,2,17,22-25H2,1H3,(H,36,40). The molecular weight excluding hydrogens is 582 g/mol. The molecule has 0 bridgehead atoms. The van der Waals surface area contributed by atoms with Crippen LogP contribution in [0.25, 0.3) is 0 Å². The number of aryl methyl sites for hydroxylation is 1. The molecule has 1 atom stereocenters. The third-order valence-corrected chi connectivity index (χ3v) is 8.86. The van der Waals surface area contributed by atoms with Crippen molar-refractivity contribution in [2.45, 2.75) is 50.2 Å². The first kappa shape index (κ1) is 31.9. The van der Waals surface area contributed by atoms with Gasteiger partial charge < -0.3 is 10.2 Å². The second kappa shape index (κ2) is 15.5. The highest BCUT2D eigenvalue weighted by molar-refractivity contribution is 7.89. The zero-order valence-electron chi connectivity index (χ0n) is 24.1. The second-order valence-corrected chi connectivity index (χ2v) is 12.4. The van der Waals surface area contributed by atoms with Gasteiger partial charge >= 0.3 is 0 Å². The first-order valence-electron chi connectivity index (χ1n) is 14.2. The van der Waals surface area contributed by atoms with Gasteiger partial charge in [0, 0.05) is 37.5 Å². The van der Waals surface area contributed by atoms with Gasteiger partial charge in [-0.3, -0.25) is 9.59 Å². The summed E-state index contributed by atoms with van der Waals surface area (Å²) in [5, 5.41) is 3.62. The molecule has 2 amide bonds. The topological polar surface area (TPSA) is 95.6 Å². The Labute approximate surface area is 258 Å². The van der Waals surface area contributed by atoms with Crippen LogP contribution in [0.5, 0.6) is 0 Å². The Bertz CT molecular complexity index is 1580. The number of nitrogens with one attached hydrogen (secondary N) is 2. The molecule has 0 fully saturated rings. The van der Waals surface area contributed by atoms with Crippen LogP contribution in [0.2, 0.25) is 5.02 Å². The monoisotopic (exact) mass is 617 g/mol. The average Bonchev–Trinajstić information content (AvgIpc) is 3.02. The molecule has 1 unspecified atom stereocenters. The molecule has 0 radical (unpaired) electrons. The van der Waals surface area contributed by atoms with E-state index in [1.807, 2.05) is 72.8 Å². The van der Waals surface area contributed by atoms with Gasteiger partial charge in [-0.25, -0.2) is 13.1 Å². The number of sulfonamides is 1. The van der Waals surface area contributed by atoms with Crippen LogP contribution in [0.4, 0.5) is 0 Å². The average molecular weight is 618 g/mol. The van der Waals surface area contributed by atoms with Crippen molar-refractivity contribution in [2.75, 3.05) is 6.54 Å². The number of hydrogen-bond donors (Lipinski definition) is 2. The Morgan fingerprint density at radius 2 is 1.35 bits per heavy atom. The van der Waals surface area contributed by atoms with Gasteiger partial charge in [-0.15, -0.1) is 0 Å². The van der Waals surface area contributed by atoms with E-state index in [4.69, 9.17) is 11.6 Å². The Kier molecular flexibility index (Phi) is 11.5. The molecule has 2 N–H and O–H groups in total. The van der Waals surface area contributed by atoms with Crippen molar-refractivity contribution in [3.63, 3.8) is 0 Å². The summed E-state index contributed by atoms with van der Waals surface area (Å²) in [4.78, 5) is 29.5.